The van der Waals surface area contributed by atoms with Gasteiger partial charge in [0.25, 0.3) is 0 Å². The fraction of sp³-hybridized carbons (Fsp3) is 0.294. The van der Waals surface area contributed by atoms with Crippen LogP contribution in [0.1, 0.15) is 57.1 Å². The normalized spacial score (nSPS) is 30.0. The highest BCUT2D eigenvalue weighted by molar-refractivity contribution is 5.68. The summed E-state index contributed by atoms with van der Waals surface area (Å²) in [5.41, 5.74) is 3.99. The van der Waals surface area contributed by atoms with E-state index in [2.05, 4.69) is 0 Å². The quantitative estimate of drug-likeness (QED) is 0.160. The van der Waals surface area contributed by atoms with E-state index in [1.807, 2.05) is 0 Å². The Hall–Kier alpha value is -4.52. The molecule has 1 fully saturated rings. The van der Waals surface area contributed by atoms with Gasteiger partial charge in [-0.05, 0) is 58.7 Å². The molecule has 11 nitrogen and oxygen atoms in total. The smallest absolute Gasteiger partial charge is 0.229 e. The average Bonchev–Trinajstić information content (AvgIpc) is 3.52. The van der Waals surface area contributed by atoms with Gasteiger partial charge in [0.1, 0.15) is 58.9 Å². The van der Waals surface area contributed by atoms with Crippen LogP contribution in [0.4, 0.5) is 0 Å². The molecule has 1 saturated heterocycles. The minimum Gasteiger partial charge on any atom is -0.508 e. The molecule has 0 saturated carbocycles. The summed E-state index contributed by atoms with van der Waals surface area (Å²) in [5, 5.41) is 94.2. The van der Waals surface area contributed by atoms with Gasteiger partial charge in [0.05, 0.1) is 6.61 Å². The van der Waals surface area contributed by atoms with Crippen LogP contribution in [0, 0.1) is 0 Å². The van der Waals surface area contributed by atoms with Crippen molar-refractivity contribution in [3.05, 3.63) is 106 Å². The van der Waals surface area contributed by atoms with Gasteiger partial charge >= 0.3 is 0 Å². The second-order valence-electron chi connectivity index (χ2n) is 11.9. The van der Waals surface area contributed by atoms with Crippen LogP contribution in [0.25, 0.3) is 0 Å². The molecule has 3 aliphatic rings. The second-order valence-corrected chi connectivity index (χ2v) is 11.9. The Balaban J connectivity index is 1.41. The zero-order valence-corrected chi connectivity index (χ0v) is 23.7. The topological polar surface area (TPSA) is 201 Å². The highest BCUT2D eigenvalue weighted by Gasteiger charge is 2.54. The molecule has 2 aliphatic carbocycles. The van der Waals surface area contributed by atoms with Crippen LogP contribution >= 0.6 is 0 Å². The highest BCUT2D eigenvalue weighted by Crippen LogP contribution is 2.69. The lowest BCUT2D eigenvalue weighted by atomic mass is 9.79. The van der Waals surface area contributed by atoms with Gasteiger partial charge in [0, 0.05) is 46.9 Å². The Morgan fingerprint density at radius 2 is 1.09 bits per heavy atom. The first-order valence-corrected chi connectivity index (χ1v) is 14.5. The number of aromatic hydroxyl groups is 5. The van der Waals surface area contributed by atoms with Crippen molar-refractivity contribution in [3.8, 4) is 34.5 Å². The standard InChI is InChI=1S/C34H32O11/c35-13-24-31(41)32(42)33(43)34(45-24)44-19-11-21-28(23(40)12-19)26(15-3-7-17(37)8-4-15)29-20-9-18(38)10-22(39)27(20)25(30(21)29)14-1-5-16(36)6-2-14/h1-12,24-26,29-43H,13H2/t24-,25-,26-,29+,30+,31-,32+,33-,34-/m1/s1. The first-order chi connectivity index (χ1) is 21.6. The zero-order valence-electron chi connectivity index (χ0n) is 23.7. The van der Waals surface area contributed by atoms with Crippen molar-refractivity contribution in [2.75, 3.05) is 6.61 Å². The molecular weight excluding hydrogens is 584 g/mol. The minimum atomic E-state index is -1.67. The van der Waals surface area contributed by atoms with E-state index in [4.69, 9.17) is 9.47 Å². The Morgan fingerprint density at radius 3 is 1.62 bits per heavy atom. The summed E-state index contributed by atoms with van der Waals surface area (Å²) in [6, 6.07) is 19.1. The summed E-state index contributed by atoms with van der Waals surface area (Å²) >= 11 is 0. The Kier molecular flexibility index (Phi) is 7.03. The maximum atomic E-state index is 11.6. The molecular formula is C34H32O11. The molecule has 11 heteroatoms. The van der Waals surface area contributed by atoms with E-state index in [0.717, 1.165) is 11.1 Å². The lowest BCUT2D eigenvalue weighted by Gasteiger charge is -2.39. The lowest BCUT2D eigenvalue weighted by molar-refractivity contribution is -0.277. The number of phenolic OH excluding ortho intramolecular Hbond substituents is 5. The van der Waals surface area contributed by atoms with Crippen LogP contribution in [0.3, 0.4) is 0 Å². The van der Waals surface area contributed by atoms with Crippen molar-refractivity contribution in [2.45, 2.75) is 54.4 Å². The molecule has 0 amide bonds. The largest absolute Gasteiger partial charge is 0.508 e. The van der Waals surface area contributed by atoms with Gasteiger partial charge in [-0.15, -0.1) is 0 Å². The average molecular weight is 617 g/mol. The molecule has 7 rings (SSSR count). The maximum Gasteiger partial charge on any atom is 0.229 e. The maximum absolute atomic E-state index is 11.6. The number of hydrogen-bond acceptors (Lipinski definition) is 11. The molecule has 0 bridgehead atoms. The van der Waals surface area contributed by atoms with E-state index in [-0.39, 0.29) is 34.5 Å². The van der Waals surface area contributed by atoms with Crippen LogP contribution in [0.2, 0.25) is 0 Å². The van der Waals surface area contributed by atoms with E-state index in [0.29, 0.717) is 22.3 Å². The Morgan fingerprint density at radius 1 is 0.578 bits per heavy atom. The summed E-state index contributed by atoms with van der Waals surface area (Å²) in [5.74, 6) is -2.02. The van der Waals surface area contributed by atoms with Gasteiger partial charge in [-0.2, -0.15) is 0 Å². The number of hydrogen-bond donors (Lipinski definition) is 9. The number of ether oxygens (including phenoxy) is 2. The molecule has 0 aromatic heterocycles. The number of rotatable bonds is 5. The van der Waals surface area contributed by atoms with Gasteiger partial charge in [-0.25, -0.2) is 0 Å². The molecule has 1 aliphatic heterocycles. The fourth-order valence-corrected chi connectivity index (χ4v) is 7.50. The van der Waals surface area contributed by atoms with Crippen LogP contribution < -0.4 is 4.74 Å². The summed E-state index contributed by atoms with van der Waals surface area (Å²) in [6.07, 6.45) is -7.59. The van der Waals surface area contributed by atoms with Gasteiger partial charge in [-0.3, -0.25) is 0 Å². The van der Waals surface area contributed by atoms with Crippen molar-refractivity contribution < 1.29 is 55.4 Å². The fourth-order valence-electron chi connectivity index (χ4n) is 7.50. The Labute approximate surface area is 257 Å². The van der Waals surface area contributed by atoms with Gasteiger partial charge in [-0.1, -0.05) is 24.3 Å². The number of aliphatic hydroxyl groups is 4. The molecule has 0 unspecified atom stereocenters. The molecule has 4 aromatic carbocycles. The summed E-state index contributed by atoms with van der Waals surface area (Å²) in [6.45, 7) is -0.638. The third-order valence-electron chi connectivity index (χ3n) is 9.39. The van der Waals surface area contributed by atoms with Crippen molar-refractivity contribution in [1.29, 1.82) is 0 Å². The second kappa shape index (κ2) is 10.8. The number of benzene rings is 4. The minimum absolute atomic E-state index is 0.0603. The number of fused-ring (bicyclic) bond motifs is 5. The molecule has 45 heavy (non-hydrogen) atoms. The molecule has 234 valence electrons. The lowest BCUT2D eigenvalue weighted by Crippen LogP contribution is -2.60. The molecule has 9 atom stereocenters. The number of phenols is 5. The van der Waals surface area contributed by atoms with Gasteiger partial charge in [0.2, 0.25) is 6.29 Å². The summed E-state index contributed by atoms with van der Waals surface area (Å²) in [4.78, 5) is 0. The van der Waals surface area contributed by atoms with Crippen molar-refractivity contribution in [1.82, 2.24) is 0 Å². The van der Waals surface area contributed by atoms with Gasteiger partial charge in [0.15, 0.2) is 0 Å². The van der Waals surface area contributed by atoms with E-state index < -0.39 is 61.0 Å². The number of aliphatic hydroxyl groups excluding tert-OH is 4. The van der Waals surface area contributed by atoms with Crippen LogP contribution in [-0.4, -0.2) is 83.3 Å². The van der Waals surface area contributed by atoms with Crippen LogP contribution in [-0.2, 0) is 4.74 Å². The van der Waals surface area contributed by atoms with E-state index in [1.165, 1.54) is 12.1 Å². The molecule has 4 aromatic rings. The van der Waals surface area contributed by atoms with Crippen molar-refractivity contribution in [2.24, 2.45) is 0 Å². The molecule has 0 radical (unpaired) electrons. The van der Waals surface area contributed by atoms with Crippen molar-refractivity contribution >= 4 is 0 Å². The molecule has 9 N–H and O–H groups in total. The van der Waals surface area contributed by atoms with Gasteiger partial charge < -0.3 is 55.4 Å². The predicted octanol–water partition coefficient (Wildman–Crippen LogP) is 2.55. The summed E-state index contributed by atoms with van der Waals surface area (Å²) in [7, 11) is 0. The van der Waals surface area contributed by atoms with Crippen molar-refractivity contribution in [3.63, 3.8) is 0 Å². The first kappa shape index (κ1) is 29.2. The summed E-state index contributed by atoms with van der Waals surface area (Å²) < 4.78 is 11.5. The van der Waals surface area contributed by atoms with Crippen LogP contribution in [0.5, 0.6) is 34.5 Å². The predicted molar refractivity (Wildman–Crippen MR) is 158 cm³/mol. The van der Waals surface area contributed by atoms with E-state index in [1.54, 1.807) is 60.7 Å². The SMILES string of the molecule is OC[C@H]1O[C@@H](Oc2cc(O)c3c(c2)[C@H]2[C@H](c4ccc(O)cc4)c4c(O)cc(O)cc4[C@H]2[C@@H]3c2ccc(O)cc2)[C@H](O)[C@@H](O)[C@@H]1O. The Bertz CT molecular complexity index is 1740. The van der Waals surface area contributed by atoms with E-state index >= 15 is 0 Å². The third kappa shape index (κ3) is 4.63. The monoisotopic (exact) mass is 616 g/mol. The molecule has 1 heterocycles. The zero-order chi connectivity index (χ0) is 31.7. The highest BCUT2D eigenvalue weighted by atomic mass is 16.7. The third-order valence-corrected chi connectivity index (χ3v) is 9.39. The first-order valence-electron chi connectivity index (χ1n) is 14.5. The van der Waals surface area contributed by atoms with E-state index in [9.17, 15) is 46.0 Å². The van der Waals surface area contributed by atoms with Crippen LogP contribution in [0.15, 0.2) is 72.8 Å². The molecule has 0 spiro atoms.